The molecule has 0 aliphatic rings. The van der Waals surface area contributed by atoms with E-state index in [1.165, 1.54) is 6.20 Å². The smallest absolute Gasteiger partial charge is 0.341 e. The van der Waals surface area contributed by atoms with Gasteiger partial charge >= 0.3 is 5.97 Å². The van der Waals surface area contributed by atoms with Gasteiger partial charge in [-0.05, 0) is 12.1 Å². The van der Waals surface area contributed by atoms with Gasteiger partial charge in [0, 0.05) is 11.6 Å². The predicted molar refractivity (Wildman–Crippen MR) is 64.6 cm³/mol. The summed E-state index contributed by atoms with van der Waals surface area (Å²) in [7, 11) is 0. The first-order valence-electron chi connectivity index (χ1n) is 4.15. The van der Waals surface area contributed by atoms with Crippen LogP contribution in [-0.4, -0.2) is 13.9 Å². The van der Waals surface area contributed by atoms with E-state index >= 15 is 0 Å². The number of benzene rings is 1. The molecular formula is C10H6INO3. The molecule has 0 amide bonds. The number of carboxylic acids is 1. The fourth-order valence-electron chi connectivity index (χ4n) is 1.39. The van der Waals surface area contributed by atoms with E-state index < -0.39 is 11.4 Å². The van der Waals surface area contributed by atoms with E-state index in [1.807, 2.05) is 22.9 Å². The van der Waals surface area contributed by atoms with Gasteiger partial charge in [0.2, 0.25) is 5.43 Å². The van der Waals surface area contributed by atoms with Gasteiger partial charge in [-0.1, -0.05) is 12.1 Å². The molecule has 0 aliphatic heterocycles. The maximum atomic E-state index is 11.7. The Morgan fingerprint density at radius 3 is 2.67 bits per heavy atom. The van der Waals surface area contributed by atoms with Crippen LogP contribution in [0.3, 0.4) is 0 Å². The van der Waals surface area contributed by atoms with Crippen molar-refractivity contribution in [3.63, 3.8) is 0 Å². The SMILES string of the molecule is O=C(O)c1cn(I)c2ccccc2c1=O. The van der Waals surface area contributed by atoms with E-state index in [9.17, 15) is 9.59 Å². The topological polar surface area (TPSA) is 59.3 Å². The number of aromatic carboxylic acids is 1. The first-order chi connectivity index (χ1) is 7.11. The summed E-state index contributed by atoms with van der Waals surface area (Å²) >= 11 is 1.95. The quantitative estimate of drug-likeness (QED) is 0.818. The van der Waals surface area contributed by atoms with Crippen LogP contribution in [0.5, 0.6) is 0 Å². The van der Waals surface area contributed by atoms with Gasteiger partial charge in [0.1, 0.15) is 5.56 Å². The van der Waals surface area contributed by atoms with Crippen molar-refractivity contribution in [2.75, 3.05) is 0 Å². The molecule has 2 aromatic rings. The molecular weight excluding hydrogens is 309 g/mol. The fourth-order valence-corrected chi connectivity index (χ4v) is 2.09. The summed E-state index contributed by atoms with van der Waals surface area (Å²) in [5.41, 5.74) is 0.0715. The summed E-state index contributed by atoms with van der Waals surface area (Å²) in [6.45, 7) is 0. The van der Waals surface area contributed by atoms with Gasteiger partial charge in [0.05, 0.1) is 28.4 Å². The zero-order chi connectivity index (χ0) is 11.0. The lowest BCUT2D eigenvalue weighted by atomic mass is 10.1. The molecule has 5 heteroatoms. The van der Waals surface area contributed by atoms with Crippen molar-refractivity contribution >= 4 is 39.7 Å². The highest BCUT2D eigenvalue weighted by atomic mass is 127. The molecule has 76 valence electrons. The molecule has 0 aliphatic carbocycles. The van der Waals surface area contributed by atoms with E-state index in [2.05, 4.69) is 0 Å². The Balaban J connectivity index is 2.97. The van der Waals surface area contributed by atoms with Crippen LogP contribution in [0, 0.1) is 0 Å². The zero-order valence-electron chi connectivity index (χ0n) is 7.48. The average molecular weight is 315 g/mol. The molecule has 0 fully saturated rings. The number of halogens is 1. The zero-order valence-corrected chi connectivity index (χ0v) is 9.63. The van der Waals surface area contributed by atoms with Crippen LogP contribution in [0.4, 0.5) is 0 Å². The van der Waals surface area contributed by atoms with Crippen molar-refractivity contribution in [3.05, 3.63) is 46.2 Å². The molecule has 0 radical (unpaired) electrons. The summed E-state index contributed by atoms with van der Waals surface area (Å²) in [6.07, 6.45) is 1.33. The van der Waals surface area contributed by atoms with Gasteiger partial charge in [-0.3, -0.25) is 7.58 Å². The van der Waals surface area contributed by atoms with Crippen LogP contribution in [-0.2, 0) is 0 Å². The molecule has 2 rings (SSSR count). The van der Waals surface area contributed by atoms with E-state index in [0.29, 0.717) is 10.9 Å². The number of pyridine rings is 1. The molecule has 0 atom stereocenters. The van der Waals surface area contributed by atoms with Crippen molar-refractivity contribution in [2.24, 2.45) is 0 Å². The Bertz CT molecular complexity index is 603. The molecule has 1 heterocycles. The van der Waals surface area contributed by atoms with Crippen molar-refractivity contribution < 1.29 is 9.90 Å². The number of aromatic nitrogens is 1. The summed E-state index contributed by atoms with van der Waals surface area (Å²) in [5, 5.41) is 9.26. The van der Waals surface area contributed by atoms with Crippen molar-refractivity contribution in [1.82, 2.24) is 2.78 Å². The summed E-state index contributed by atoms with van der Waals surface area (Å²) < 4.78 is 1.61. The van der Waals surface area contributed by atoms with Crippen LogP contribution < -0.4 is 5.43 Å². The second-order valence-corrected chi connectivity index (χ2v) is 4.04. The number of carboxylic acid groups (broad SMARTS) is 1. The summed E-state index contributed by atoms with van der Waals surface area (Å²) in [5.74, 6) is -1.20. The van der Waals surface area contributed by atoms with Crippen LogP contribution in [0.2, 0.25) is 0 Å². The van der Waals surface area contributed by atoms with Crippen LogP contribution in [0.25, 0.3) is 10.9 Å². The number of carbonyl (C=O) groups is 1. The molecule has 0 saturated carbocycles. The minimum atomic E-state index is -1.20. The summed E-state index contributed by atoms with van der Waals surface area (Å²) in [4.78, 5) is 22.5. The van der Waals surface area contributed by atoms with Crippen molar-refractivity contribution in [1.29, 1.82) is 0 Å². The van der Waals surface area contributed by atoms with Crippen LogP contribution >= 0.6 is 22.9 Å². The van der Waals surface area contributed by atoms with E-state index in [-0.39, 0.29) is 5.56 Å². The monoisotopic (exact) mass is 315 g/mol. The Morgan fingerprint density at radius 2 is 2.00 bits per heavy atom. The number of nitrogens with zero attached hydrogens (tertiary/aromatic N) is 1. The maximum absolute atomic E-state index is 11.7. The molecule has 0 spiro atoms. The number of para-hydroxylation sites is 1. The molecule has 0 unspecified atom stereocenters. The second kappa shape index (κ2) is 3.65. The largest absolute Gasteiger partial charge is 0.477 e. The molecule has 0 bridgehead atoms. The Morgan fingerprint density at radius 1 is 1.33 bits per heavy atom. The standard InChI is InChI=1S/C10H6INO3/c11-12-5-7(10(14)15)9(13)6-3-1-2-4-8(6)12/h1-5H,(H,14,15). The molecule has 0 saturated heterocycles. The van der Waals surface area contributed by atoms with E-state index in [4.69, 9.17) is 5.11 Å². The number of fused-ring (bicyclic) bond motifs is 1. The third-order valence-corrected chi connectivity index (χ3v) is 2.89. The first-order valence-corrected chi connectivity index (χ1v) is 5.11. The first kappa shape index (κ1) is 10.2. The average Bonchev–Trinajstić information content (AvgIpc) is 2.23. The minimum absolute atomic E-state index is 0.205. The summed E-state index contributed by atoms with van der Waals surface area (Å²) in [6, 6.07) is 6.91. The number of hydrogen-bond acceptors (Lipinski definition) is 2. The van der Waals surface area contributed by atoms with Gasteiger partial charge in [-0.2, -0.15) is 0 Å². The predicted octanol–water partition coefficient (Wildman–Crippen LogP) is 1.90. The maximum Gasteiger partial charge on any atom is 0.341 e. The fraction of sp³-hybridized carbons (Fsp3) is 0. The molecule has 4 nitrogen and oxygen atoms in total. The Labute approximate surface area is 98.6 Å². The highest BCUT2D eigenvalue weighted by Gasteiger charge is 2.12. The van der Waals surface area contributed by atoms with Gasteiger partial charge in [0.15, 0.2) is 0 Å². The third kappa shape index (κ3) is 1.63. The van der Waals surface area contributed by atoms with Crippen LogP contribution in [0.15, 0.2) is 35.3 Å². The third-order valence-electron chi connectivity index (χ3n) is 2.10. The second-order valence-electron chi connectivity index (χ2n) is 3.01. The van der Waals surface area contributed by atoms with Gasteiger partial charge in [-0.15, -0.1) is 0 Å². The highest BCUT2D eigenvalue weighted by molar-refractivity contribution is 14.1. The Kier molecular flexibility index (Phi) is 2.47. The highest BCUT2D eigenvalue weighted by Crippen LogP contribution is 2.13. The lowest BCUT2D eigenvalue weighted by Gasteiger charge is -2.03. The molecule has 15 heavy (non-hydrogen) atoms. The van der Waals surface area contributed by atoms with E-state index in [1.54, 1.807) is 27.0 Å². The van der Waals surface area contributed by atoms with Crippen molar-refractivity contribution in [2.45, 2.75) is 0 Å². The lowest BCUT2D eigenvalue weighted by molar-refractivity contribution is 0.0695. The lowest BCUT2D eigenvalue weighted by Crippen LogP contribution is -2.16. The number of rotatable bonds is 1. The molecule has 1 aromatic heterocycles. The normalized spacial score (nSPS) is 10.5. The van der Waals surface area contributed by atoms with Crippen molar-refractivity contribution in [3.8, 4) is 0 Å². The minimum Gasteiger partial charge on any atom is -0.477 e. The van der Waals surface area contributed by atoms with Crippen LogP contribution in [0.1, 0.15) is 10.4 Å². The molecule has 1 aromatic carbocycles. The Hall–Kier alpha value is -1.37. The van der Waals surface area contributed by atoms with E-state index in [0.717, 1.165) is 0 Å². The number of hydrogen-bond donors (Lipinski definition) is 1. The van der Waals surface area contributed by atoms with Gasteiger partial charge in [-0.25, -0.2) is 4.79 Å². The van der Waals surface area contributed by atoms with Gasteiger partial charge in [0.25, 0.3) is 0 Å². The molecule has 1 N–H and O–H groups in total. The van der Waals surface area contributed by atoms with Gasteiger partial charge < -0.3 is 5.11 Å².